The third kappa shape index (κ3) is 1.72. The molecule has 3 heteroatoms. The quantitative estimate of drug-likeness (QED) is 0.734. The summed E-state index contributed by atoms with van der Waals surface area (Å²) in [6.07, 6.45) is 1.99. The summed E-state index contributed by atoms with van der Waals surface area (Å²) in [7, 11) is 0. The highest BCUT2D eigenvalue weighted by molar-refractivity contribution is 7.12. The van der Waals surface area contributed by atoms with Crippen LogP contribution in [0.2, 0.25) is 0 Å². The van der Waals surface area contributed by atoms with Gasteiger partial charge in [0.05, 0.1) is 0 Å². The van der Waals surface area contributed by atoms with Crippen molar-refractivity contribution in [3.8, 4) is 11.8 Å². The Morgan fingerprint density at radius 3 is 2.91 bits per heavy atom. The van der Waals surface area contributed by atoms with Gasteiger partial charge in [0.1, 0.15) is 16.7 Å². The number of nitrogens with zero attached hydrogens (tertiary/aromatic N) is 1. The monoisotopic (exact) mass is 167 g/mol. The fourth-order valence-corrected chi connectivity index (χ4v) is 1.83. The van der Waals surface area contributed by atoms with Crippen LogP contribution in [-0.2, 0) is 6.42 Å². The minimum absolute atomic E-state index is 0.126. The highest BCUT2D eigenvalue weighted by Gasteiger charge is 2.05. The van der Waals surface area contributed by atoms with Crippen molar-refractivity contribution in [2.75, 3.05) is 0 Å². The van der Waals surface area contributed by atoms with Crippen LogP contribution < -0.4 is 0 Å². The zero-order valence-corrected chi connectivity index (χ0v) is 7.11. The molecule has 0 unspecified atom stereocenters. The van der Waals surface area contributed by atoms with Gasteiger partial charge in [0.25, 0.3) is 0 Å². The molecule has 0 aromatic carbocycles. The summed E-state index contributed by atoms with van der Waals surface area (Å²) in [5.74, 6) is 0.126. The second kappa shape index (κ2) is 3.40. The molecule has 0 saturated carbocycles. The van der Waals surface area contributed by atoms with E-state index in [0.29, 0.717) is 4.88 Å². The van der Waals surface area contributed by atoms with Crippen LogP contribution in [0.1, 0.15) is 23.1 Å². The van der Waals surface area contributed by atoms with Crippen LogP contribution in [0, 0.1) is 11.3 Å². The van der Waals surface area contributed by atoms with E-state index >= 15 is 0 Å². The summed E-state index contributed by atoms with van der Waals surface area (Å²) in [5.41, 5.74) is 0. The Hall–Kier alpha value is -1.01. The van der Waals surface area contributed by atoms with E-state index in [1.165, 1.54) is 11.3 Å². The second-order valence-electron chi connectivity index (χ2n) is 2.29. The molecule has 2 nitrogen and oxygen atoms in total. The maximum Gasteiger partial charge on any atom is 0.146 e. The molecule has 0 saturated heterocycles. The molecular formula is C8H9NOS. The van der Waals surface area contributed by atoms with Gasteiger partial charge >= 0.3 is 0 Å². The first-order valence-corrected chi connectivity index (χ1v) is 4.31. The largest absolute Gasteiger partial charge is 0.506 e. The van der Waals surface area contributed by atoms with Crippen LogP contribution in [0.15, 0.2) is 6.07 Å². The lowest BCUT2D eigenvalue weighted by Crippen LogP contribution is -1.72. The van der Waals surface area contributed by atoms with Crippen molar-refractivity contribution >= 4 is 11.3 Å². The molecule has 1 rings (SSSR count). The van der Waals surface area contributed by atoms with Crippen LogP contribution in [0.25, 0.3) is 0 Å². The van der Waals surface area contributed by atoms with E-state index in [1.807, 2.05) is 6.07 Å². The molecule has 0 aliphatic rings. The van der Waals surface area contributed by atoms with Gasteiger partial charge in [-0.3, -0.25) is 0 Å². The molecule has 58 valence electrons. The Kier molecular flexibility index (Phi) is 2.50. The van der Waals surface area contributed by atoms with Crippen molar-refractivity contribution in [2.45, 2.75) is 19.8 Å². The summed E-state index contributed by atoms with van der Waals surface area (Å²) in [6, 6.07) is 3.62. The number of aryl methyl sites for hydroxylation is 1. The molecule has 0 amide bonds. The molecule has 11 heavy (non-hydrogen) atoms. The van der Waals surface area contributed by atoms with Crippen LogP contribution in [0.4, 0.5) is 0 Å². The Bertz CT molecular complexity index is 285. The van der Waals surface area contributed by atoms with Gasteiger partial charge in [-0.1, -0.05) is 13.3 Å². The normalized spacial score (nSPS) is 9.45. The zero-order valence-electron chi connectivity index (χ0n) is 6.29. The third-order valence-corrected chi connectivity index (χ3v) is 2.45. The van der Waals surface area contributed by atoms with E-state index in [1.54, 1.807) is 6.07 Å². The van der Waals surface area contributed by atoms with Crippen LogP contribution >= 0.6 is 11.3 Å². The van der Waals surface area contributed by atoms with Gasteiger partial charge in [0, 0.05) is 4.88 Å². The Morgan fingerprint density at radius 1 is 1.73 bits per heavy atom. The number of aromatic hydroxyl groups is 1. The van der Waals surface area contributed by atoms with Crippen LogP contribution in [0.5, 0.6) is 5.75 Å². The molecule has 0 aliphatic carbocycles. The smallest absolute Gasteiger partial charge is 0.146 e. The molecule has 0 bridgehead atoms. The summed E-state index contributed by atoms with van der Waals surface area (Å²) in [6.45, 7) is 2.07. The fraction of sp³-hybridized carbons (Fsp3) is 0.375. The van der Waals surface area contributed by atoms with Crippen LogP contribution in [0.3, 0.4) is 0 Å². The lowest BCUT2D eigenvalue weighted by atomic mass is 10.3. The predicted octanol–water partition coefficient (Wildman–Crippen LogP) is 2.28. The molecule has 0 atom stereocenters. The first-order chi connectivity index (χ1) is 5.27. The van der Waals surface area contributed by atoms with Gasteiger partial charge in [0.15, 0.2) is 0 Å². The van der Waals surface area contributed by atoms with Gasteiger partial charge in [0.2, 0.25) is 0 Å². The van der Waals surface area contributed by atoms with Crippen molar-refractivity contribution in [1.82, 2.24) is 0 Å². The van der Waals surface area contributed by atoms with E-state index in [0.717, 1.165) is 17.7 Å². The average Bonchev–Trinajstić information content (AvgIpc) is 2.32. The molecule has 1 N–H and O–H groups in total. The molecule has 0 fully saturated rings. The molecule has 1 aromatic heterocycles. The molecule has 0 spiro atoms. The van der Waals surface area contributed by atoms with E-state index in [-0.39, 0.29) is 5.75 Å². The Balaban J connectivity index is 2.89. The summed E-state index contributed by atoms with van der Waals surface area (Å²) < 4.78 is 0. The summed E-state index contributed by atoms with van der Waals surface area (Å²) in [4.78, 5) is 1.51. The minimum atomic E-state index is 0.126. The van der Waals surface area contributed by atoms with Gasteiger partial charge in [-0.25, -0.2) is 0 Å². The van der Waals surface area contributed by atoms with Gasteiger partial charge in [-0.2, -0.15) is 5.26 Å². The van der Waals surface area contributed by atoms with Gasteiger partial charge in [-0.05, 0) is 12.5 Å². The second-order valence-corrected chi connectivity index (χ2v) is 3.43. The summed E-state index contributed by atoms with van der Waals surface area (Å²) in [5, 5.41) is 17.6. The highest BCUT2D eigenvalue weighted by Crippen LogP contribution is 2.27. The molecule has 1 heterocycles. The van der Waals surface area contributed by atoms with Crippen molar-refractivity contribution in [2.24, 2.45) is 0 Å². The Labute approximate surface area is 69.7 Å². The molecule has 0 radical (unpaired) electrons. The van der Waals surface area contributed by atoms with E-state index in [2.05, 4.69) is 6.92 Å². The first kappa shape index (κ1) is 8.09. The molecule has 0 aliphatic heterocycles. The third-order valence-electron chi connectivity index (χ3n) is 1.36. The van der Waals surface area contributed by atoms with Crippen molar-refractivity contribution < 1.29 is 5.11 Å². The maximum absolute atomic E-state index is 9.15. The van der Waals surface area contributed by atoms with Crippen molar-refractivity contribution in [3.05, 3.63) is 15.8 Å². The standard InChI is InChI=1S/C8H9NOS/c1-2-3-6-4-7(10)8(5-9)11-6/h4,10H,2-3H2,1H3. The minimum Gasteiger partial charge on any atom is -0.506 e. The predicted molar refractivity (Wildman–Crippen MR) is 44.7 cm³/mol. The lowest BCUT2D eigenvalue weighted by Gasteiger charge is -1.86. The number of hydrogen-bond donors (Lipinski definition) is 1. The first-order valence-electron chi connectivity index (χ1n) is 3.49. The van der Waals surface area contributed by atoms with Crippen molar-refractivity contribution in [1.29, 1.82) is 5.26 Å². The van der Waals surface area contributed by atoms with Crippen LogP contribution in [-0.4, -0.2) is 5.11 Å². The average molecular weight is 167 g/mol. The molecular weight excluding hydrogens is 158 g/mol. The van der Waals surface area contributed by atoms with E-state index < -0.39 is 0 Å². The zero-order chi connectivity index (χ0) is 8.27. The SMILES string of the molecule is CCCc1cc(O)c(C#N)s1. The number of rotatable bonds is 2. The summed E-state index contributed by atoms with van der Waals surface area (Å²) >= 11 is 1.37. The van der Waals surface area contributed by atoms with E-state index in [4.69, 9.17) is 10.4 Å². The maximum atomic E-state index is 9.15. The van der Waals surface area contributed by atoms with Crippen molar-refractivity contribution in [3.63, 3.8) is 0 Å². The van der Waals surface area contributed by atoms with E-state index in [9.17, 15) is 0 Å². The topological polar surface area (TPSA) is 44.0 Å². The Morgan fingerprint density at radius 2 is 2.45 bits per heavy atom. The van der Waals surface area contributed by atoms with Gasteiger partial charge in [-0.15, -0.1) is 11.3 Å². The number of hydrogen-bond acceptors (Lipinski definition) is 3. The van der Waals surface area contributed by atoms with Gasteiger partial charge < -0.3 is 5.11 Å². The molecule has 1 aromatic rings. The fourth-order valence-electron chi connectivity index (χ4n) is 0.881. The lowest BCUT2D eigenvalue weighted by molar-refractivity contribution is 0.476. The number of nitriles is 1. The highest BCUT2D eigenvalue weighted by atomic mass is 32.1. The number of thiophene rings is 1.